The predicted octanol–water partition coefficient (Wildman–Crippen LogP) is 3.48. The molecular formula is C19H22N2O3S. The maximum Gasteiger partial charge on any atom is 0.258 e. The van der Waals surface area contributed by atoms with Gasteiger partial charge in [0.15, 0.2) is 0 Å². The Labute approximate surface area is 148 Å². The van der Waals surface area contributed by atoms with Crippen molar-refractivity contribution in [1.82, 2.24) is 0 Å². The topological polar surface area (TPSA) is 66.5 Å². The molecule has 0 atom stereocenters. The lowest BCUT2D eigenvalue weighted by molar-refractivity contribution is 0.0985. The second kappa shape index (κ2) is 6.52. The normalized spacial score (nSPS) is 14.2. The van der Waals surface area contributed by atoms with E-state index in [4.69, 9.17) is 0 Å². The fourth-order valence-electron chi connectivity index (χ4n) is 2.74. The highest BCUT2D eigenvalue weighted by Gasteiger charge is 2.34. The number of sulfonamides is 1. The van der Waals surface area contributed by atoms with Crippen molar-refractivity contribution in [2.24, 2.45) is 0 Å². The molecule has 2 aromatic rings. The minimum Gasteiger partial charge on any atom is -0.305 e. The van der Waals surface area contributed by atoms with Crippen LogP contribution in [-0.2, 0) is 10.0 Å². The lowest BCUT2D eigenvalue weighted by atomic mass is 10.1. The molecule has 1 aliphatic rings. The van der Waals surface area contributed by atoms with Crippen LogP contribution in [0.3, 0.4) is 0 Å². The second-order valence-electron chi connectivity index (χ2n) is 6.63. The van der Waals surface area contributed by atoms with Crippen LogP contribution in [0.1, 0.15) is 34.3 Å². The number of carbonyl (C=O) groups excluding carboxylic acids is 1. The molecule has 0 heterocycles. The fourth-order valence-corrected chi connectivity index (χ4v) is 3.31. The summed E-state index contributed by atoms with van der Waals surface area (Å²) in [6, 6.07) is 12.9. The van der Waals surface area contributed by atoms with Gasteiger partial charge in [-0.05, 0) is 74.2 Å². The van der Waals surface area contributed by atoms with Crippen molar-refractivity contribution in [1.29, 1.82) is 0 Å². The summed E-state index contributed by atoms with van der Waals surface area (Å²) in [5.41, 5.74) is 4.19. The first kappa shape index (κ1) is 17.5. The van der Waals surface area contributed by atoms with Crippen LogP contribution in [0.2, 0.25) is 0 Å². The molecule has 0 aromatic heterocycles. The molecule has 0 spiro atoms. The van der Waals surface area contributed by atoms with E-state index in [0.29, 0.717) is 11.3 Å². The molecule has 1 aliphatic carbocycles. The van der Waals surface area contributed by atoms with Gasteiger partial charge in [0.2, 0.25) is 10.0 Å². The number of nitrogens with zero attached hydrogens (tertiary/aromatic N) is 1. The highest BCUT2D eigenvalue weighted by Crippen LogP contribution is 2.34. The summed E-state index contributed by atoms with van der Waals surface area (Å²) in [6.45, 7) is 4.02. The van der Waals surface area contributed by atoms with Gasteiger partial charge < -0.3 is 4.90 Å². The Hall–Kier alpha value is -2.34. The summed E-state index contributed by atoms with van der Waals surface area (Å²) in [7, 11) is -3.31. The highest BCUT2D eigenvalue weighted by atomic mass is 32.2. The average molecular weight is 358 g/mol. The average Bonchev–Trinajstić information content (AvgIpc) is 3.35. The van der Waals surface area contributed by atoms with Gasteiger partial charge in [-0.3, -0.25) is 9.52 Å². The Balaban J connectivity index is 1.88. The van der Waals surface area contributed by atoms with Gasteiger partial charge >= 0.3 is 0 Å². The molecule has 0 radical (unpaired) electrons. The van der Waals surface area contributed by atoms with Gasteiger partial charge in [-0.2, -0.15) is 0 Å². The van der Waals surface area contributed by atoms with Crippen molar-refractivity contribution in [2.45, 2.75) is 32.7 Å². The molecule has 132 valence electrons. The molecular weight excluding hydrogens is 336 g/mol. The minimum atomic E-state index is -3.31. The first-order chi connectivity index (χ1) is 11.7. The smallest absolute Gasteiger partial charge is 0.258 e. The summed E-state index contributed by atoms with van der Waals surface area (Å²) in [4.78, 5) is 14.8. The van der Waals surface area contributed by atoms with Crippen molar-refractivity contribution < 1.29 is 13.2 Å². The SMILES string of the molecule is Cc1ccc(C(=O)N(c2ccc(NS(C)(=O)=O)cc2)C2CC2)cc1C. The van der Waals surface area contributed by atoms with E-state index >= 15 is 0 Å². The third-order valence-electron chi connectivity index (χ3n) is 4.33. The van der Waals surface area contributed by atoms with E-state index in [1.54, 1.807) is 24.3 Å². The molecule has 0 bridgehead atoms. The number of anilines is 2. The van der Waals surface area contributed by atoms with Gasteiger partial charge in [-0.15, -0.1) is 0 Å². The third kappa shape index (κ3) is 4.20. The standard InChI is InChI=1S/C19H22N2O3S/c1-13-4-5-15(12-14(13)2)19(22)21(18-10-11-18)17-8-6-16(7-9-17)20-25(3,23)24/h4-9,12,18,20H,10-11H2,1-3H3. The zero-order valence-electron chi connectivity index (χ0n) is 14.6. The van der Waals surface area contributed by atoms with Crippen molar-refractivity contribution >= 4 is 27.3 Å². The summed E-state index contributed by atoms with van der Waals surface area (Å²) < 4.78 is 25.1. The van der Waals surface area contributed by atoms with Gasteiger partial charge in [0.05, 0.1) is 6.26 Å². The van der Waals surface area contributed by atoms with Crippen LogP contribution < -0.4 is 9.62 Å². The van der Waals surface area contributed by atoms with Gasteiger partial charge in [-0.25, -0.2) is 8.42 Å². The number of hydrogen-bond acceptors (Lipinski definition) is 3. The third-order valence-corrected chi connectivity index (χ3v) is 4.94. The van der Waals surface area contributed by atoms with Crippen molar-refractivity contribution in [2.75, 3.05) is 15.9 Å². The van der Waals surface area contributed by atoms with E-state index in [0.717, 1.165) is 35.9 Å². The minimum absolute atomic E-state index is 0.0191. The van der Waals surface area contributed by atoms with E-state index in [1.807, 2.05) is 36.9 Å². The van der Waals surface area contributed by atoms with E-state index < -0.39 is 10.0 Å². The van der Waals surface area contributed by atoms with Crippen molar-refractivity contribution in [3.63, 3.8) is 0 Å². The van der Waals surface area contributed by atoms with Crippen molar-refractivity contribution in [3.05, 3.63) is 59.2 Å². The van der Waals surface area contributed by atoms with Crippen LogP contribution in [0, 0.1) is 13.8 Å². The van der Waals surface area contributed by atoms with Gasteiger partial charge in [0, 0.05) is 23.0 Å². The molecule has 25 heavy (non-hydrogen) atoms. The molecule has 5 nitrogen and oxygen atoms in total. The van der Waals surface area contributed by atoms with Crippen LogP contribution in [0.5, 0.6) is 0 Å². The van der Waals surface area contributed by atoms with E-state index in [2.05, 4.69) is 4.72 Å². The van der Waals surface area contributed by atoms with Crippen LogP contribution in [0.25, 0.3) is 0 Å². The number of benzene rings is 2. The Morgan fingerprint density at radius 1 is 1.04 bits per heavy atom. The predicted molar refractivity (Wildman–Crippen MR) is 101 cm³/mol. The largest absolute Gasteiger partial charge is 0.305 e. The van der Waals surface area contributed by atoms with Gasteiger partial charge in [-0.1, -0.05) is 6.07 Å². The lowest BCUT2D eigenvalue weighted by Crippen LogP contribution is -2.33. The van der Waals surface area contributed by atoms with Crippen LogP contribution >= 0.6 is 0 Å². The van der Waals surface area contributed by atoms with Crippen molar-refractivity contribution in [3.8, 4) is 0 Å². The maximum absolute atomic E-state index is 13.0. The quantitative estimate of drug-likeness (QED) is 0.890. The van der Waals surface area contributed by atoms with Gasteiger partial charge in [0.1, 0.15) is 0 Å². The molecule has 2 aromatic carbocycles. The Morgan fingerprint density at radius 3 is 2.20 bits per heavy atom. The molecule has 3 rings (SSSR count). The first-order valence-electron chi connectivity index (χ1n) is 8.23. The number of amides is 1. The summed E-state index contributed by atoms with van der Waals surface area (Å²) >= 11 is 0. The molecule has 1 saturated carbocycles. The number of hydrogen-bond donors (Lipinski definition) is 1. The van der Waals surface area contributed by atoms with Crippen LogP contribution in [0.4, 0.5) is 11.4 Å². The molecule has 0 unspecified atom stereocenters. The zero-order chi connectivity index (χ0) is 18.2. The maximum atomic E-state index is 13.0. The molecule has 0 aliphatic heterocycles. The molecule has 1 amide bonds. The Kier molecular flexibility index (Phi) is 4.56. The first-order valence-corrected chi connectivity index (χ1v) is 10.1. The molecule has 1 fully saturated rings. The number of rotatable bonds is 5. The molecule has 0 saturated heterocycles. The summed E-state index contributed by atoms with van der Waals surface area (Å²) in [5, 5.41) is 0. The summed E-state index contributed by atoms with van der Waals surface area (Å²) in [5.74, 6) is -0.0191. The summed E-state index contributed by atoms with van der Waals surface area (Å²) in [6.07, 6.45) is 3.08. The molecule has 1 N–H and O–H groups in total. The number of aryl methyl sites for hydroxylation is 2. The Morgan fingerprint density at radius 2 is 1.68 bits per heavy atom. The zero-order valence-corrected chi connectivity index (χ0v) is 15.4. The fraction of sp³-hybridized carbons (Fsp3) is 0.316. The van der Waals surface area contributed by atoms with Gasteiger partial charge in [0.25, 0.3) is 5.91 Å². The Bertz CT molecular complexity index is 901. The van der Waals surface area contributed by atoms with Crippen LogP contribution in [-0.4, -0.2) is 26.6 Å². The molecule has 6 heteroatoms. The van der Waals surface area contributed by atoms with Crippen LogP contribution in [0.15, 0.2) is 42.5 Å². The van der Waals surface area contributed by atoms with E-state index in [9.17, 15) is 13.2 Å². The number of nitrogens with one attached hydrogen (secondary N) is 1. The van der Waals surface area contributed by atoms with E-state index in [-0.39, 0.29) is 11.9 Å². The monoisotopic (exact) mass is 358 g/mol. The highest BCUT2D eigenvalue weighted by molar-refractivity contribution is 7.92. The lowest BCUT2D eigenvalue weighted by Gasteiger charge is -2.23. The second-order valence-corrected chi connectivity index (χ2v) is 8.37. The number of carbonyl (C=O) groups is 1. The van der Waals surface area contributed by atoms with E-state index in [1.165, 1.54) is 0 Å².